The molecule has 0 aromatic heterocycles. The molecule has 0 radical (unpaired) electrons. The molecule has 0 aromatic rings. The fraction of sp³-hybridized carbons (Fsp3) is 0.846. The molecule has 0 bridgehead atoms. The number of hydrogen-bond acceptors (Lipinski definition) is 0. The minimum atomic E-state index is 0.458. The summed E-state index contributed by atoms with van der Waals surface area (Å²) in [6.45, 7) is 16.3. The summed E-state index contributed by atoms with van der Waals surface area (Å²) in [6.07, 6.45) is 2.45. The Morgan fingerprint density at radius 2 is 1.62 bits per heavy atom. The zero-order valence-corrected chi connectivity index (χ0v) is 10.2. The van der Waals surface area contributed by atoms with E-state index in [0.717, 1.165) is 11.8 Å². The van der Waals surface area contributed by atoms with Crippen LogP contribution in [0.15, 0.2) is 11.6 Å². The van der Waals surface area contributed by atoms with Crippen molar-refractivity contribution < 1.29 is 0 Å². The molecular formula is C13H24. The molecule has 1 aliphatic carbocycles. The van der Waals surface area contributed by atoms with E-state index in [2.05, 4.69) is 54.5 Å². The van der Waals surface area contributed by atoms with E-state index >= 15 is 0 Å². The molecule has 0 amide bonds. The Labute approximate surface area is 83.4 Å². The van der Waals surface area contributed by atoms with Crippen molar-refractivity contribution >= 4 is 0 Å². The molecule has 0 nitrogen and oxygen atoms in total. The molecule has 1 rings (SSSR count). The average molecular weight is 180 g/mol. The molecule has 0 saturated heterocycles. The maximum Gasteiger partial charge on any atom is -0.0138 e. The minimum absolute atomic E-state index is 0.458. The van der Waals surface area contributed by atoms with Crippen molar-refractivity contribution in [1.29, 1.82) is 0 Å². The lowest BCUT2D eigenvalue weighted by Gasteiger charge is -2.20. The maximum atomic E-state index is 2.45. The third-order valence-electron chi connectivity index (χ3n) is 3.36. The van der Waals surface area contributed by atoms with E-state index in [1.54, 1.807) is 0 Å². The highest BCUT2D eigenvalue weighted by Gasteiger charge is 2.60. The van der Waals surface area contributed by atoms with Gasteiger partial charge in [-0.1, -0.05) is 46.3 Å². The summed E-state index contributed by atoms with van der Waals surface area (Å²) in [4.78, 5) is 0. The highest BCUT2D eigenvalue weighted by molar-refractivity contribution is 5.19. The van der Waals surface area contributed by atoms with E-state index in [1.165, 1.54) is 5.57 Å². The Balaban J connectivity index is 2.79. The lowest BCUT2D eigenvalue weighted by molar-refractivity contribution is 0.298. The van der Waals surface area contributed by atoms with Gasteiger partial charge in [-0.15, -0.1) is 0 Å². The predicted molar refractivity (Wildman–Crippen MR) is 59.6 cm³/mol. The summed E-state index contributed by atoms with van der Waals surface area (Å²) in [5.41, 5.74) is 2.44. The zero-order chi connectivity index (χ0) is 10.4. The Morgan fingerprint density at radius 1 is 1.15 bits per heavy atom. The SMILES string of the molecule is CC(C)=CC1C(C(C)(C)C)C1(C)C. The summed E-state index contributed by atoms with van der Waals surface area (Å²) < 4.78 is 0. The van der Waals surface area contributed by atoms with E-state index in [9.17, 15) is 0 Å². The highest BCUT2D eigenvalue weighted by atomic mass is 14.6. The van der Waals surface area contributed by atoms with Gasteiger partial charge in [0.15, 0.2) is 0 Å². The largest absolute Gasteiger partial charge is 0.0819 e. The van der Waals surface area contributed by atoms with Gasteiger partial charge < -0.3 is 0 Å². The monoisotopic (exact) mass is 180 g/mol. The van der Waals surface area contributed by atoms with Crippen LogP contribution >= 0.6 is 0 Å². The average Bonchev–Trinajstić information content (AvgIpc) is 2.29. The predicted octanol–water partition coefficient (Wildman–Crippen LogP) is 4.27. The van der Waals surface area contributed by atoms with Crippen molar-refractivity contribution in [1.82, 2.24) is 0 Å². The third-order valence-corrected chi connectivity index (χ3v) is 3.36. The van der Waals surface area contributed by atoms with Crippen molar-refractivity contribution in [2.75, 3.05) is 0 Å². The van der Waals surface area contributed by atoms with Crippen LogP contribution in [0.2, 0.25) is 0 Å². The number of rotatable bonds is 1. The second kappa shape index (κ2) is 2.87. The Hall–Kier alpha value is -0.260. The van der Waals surface area contributed by atoms with Gasteiger partial charge in [0.2, 0.25) is 0 Å². The van der Waals surface area contributed by atoms with Crippen LogP contribution in [-0.2, 0) is 0 Å². The van der Waals surface area contributed by atoms with Crippen LogP contribution in [0, 0.1) is 22.7 Å². The molecule has 0 heteroatoms. The number of hydrogen-bond donors (Lipinski definition) is 0. The van der Waals surface area contributed by atoms with Gasteiger partial charge in [0.1, 0.15) is 0 Å². The van der Waals surface area contributed by atoms with Gasteiger partial charge in [-0.3, -0.25) is 0 Å². The molecule has 0 spiro atoms. The highest BCUT2D eigenvalue weighted by Crippen LogP contribution is 2.66. The van der Waals surface area contributed by atoms with Crippen LogP contribution in [0.5, 0.6) is 0 Å². The Morgan fingerprint density at radius 3 is 1.85 bits per heavy atom. The topological polar surface area (TPSA) is 0 Å². The lowest BCUT2D eigenvalue weighted by atomic mass is 9.85. The molecule has 1 saturated carbocycles. The molecule has 1 aliphatic rings. The molecule has 0 aliphatic heterocycles. The summed E-state index contributed by atoms with van der Waals surface area (Å²) >= 11 is 0. The van der Waals surface area contributed by atoms with E-state index in [1.807, 2.05) is 0 Å². The normalized spacial score (nSPS) is 31.3. The second-order valence-corrected chi connectivity index (χ2v) is 6.43. The van der Waals surface area contributed by atoms with Crippen LogP contribution in [0.1, 0.15) is 48.5 Å². The first-order valence-corrected chi connectivity index (χ1v) is 5.32. The lowest BCUT2D eigenvalue weighted by Crippen LogP contribution is -2.12. The summed E-state index contributed by atoms with van der Waals surface area (Å²) in [5, 5.41) is 0. The van der Waals surface area contributed by atoms with Crippen LogP contribution in [-0.4, -0.2) is 0 Å². The summed E-state index contributed by atoms with van der Waals surface area (Å²) in [6, 6.07) is 0. The molecule has 2 atom stereocenters. The first-order chi connectivity index (χ1) is 5.67. The number of allylic oxidation sites excluding steroid dienone is 2. The Bertz CT molecular complexity index is 221. The maximum absolute atomic E-state index is 2.45. The van der Waals surface area contributed by atoms with Crippen molar-refractivity contribution in [2.45, 2.75) is 48.5 Å². The fourth-order valence-electron chi connectivity index (χ4n) is 3.00. The van der Waals surface area contributed by atoms with Crippen LogP contribution in [0.3, 0.4) is 0 Å². The van der Waals surface area contributed by atoms with Gasteiger partial charge in [0.05, 0.1) is 0 Å². The van der Waals surface area contributed by atoms with Gasteiger partial charge in [-0.2, -0.15) is 0 Å². The molecule has 76 valence electrons. The molecule has 0 heterocycles. The molecule has 0 aromatic carbocycles. The Kier molecular flexibility index (Phi) is 2.38. The molecular weight excluding hydrogens is 156 g/mol. The van der Waals surface area contributed by atoms with Gasteiger partial charge in [0.25, 0.3) is 0 Å². The summed E-state index contributed by atoms with van der Waals surface area (Å²) in [5.74, 6) is 1.66. The van der Waals surface area contributed by atoms with Crippen LogP contribution in [0.4, 0.5) is 0 Å². The fourth-order valence-corrected chi connectivity index (χ4v) is 3.00. The summed E-state index contributed by atoms with van der Waals surface area (Å²) in [7, 11) is 0. The molecule has 1 fully saturated rings. The zero-order valence-electron chi connectivity index (χ0n) is 10.2. The van der Waals surface area contributed by atoms with E-state index in [0.29, 0.717) is 10.8 Å². The van der Waals surface area contributed by atoms with Gasteiger partial charge in [-0.25, -0.2) is 0 Å². The molecule has 13 heavy (non-hydrogen) atoms. The van der Waals surface area contributed by atoms with Crippen LogP contribution < -0.4 is 0 Å². The van der Waals surface area contributed by atoms with Gasteiger partial charge >= 0.3 is 0 Å². The standard InChI is InChI=1S/C13H24/c1-9(2)8-10-11(12(3,4)5)13(10,6)7/h8,10-11H,1-7H3. The van der Waals surface area contributed by atoms with E-state index < -0.39 is 0 Å². The first-order valence-electron chi connectivity index (χ1n) is 5.32. The van der Waals surface area contributed by atoms with Crippen molar-refractivity contribution in [3.05, 3.63) is 11.6 Å². The van der Waals surface area contributed by atoms with E-state index in [-0.39, 0.29) is 0 Å². The van der Waals surface area contributed by atoms with Crippen molar-refractivity contribution in [3.63, 3.8) is 0 Å². The van der Waals surface area contributed by atoms with Crippen molar-refractivity contribution in [2.24, 2.45) is 22.7 Å². The molecule has 0 N–H and O–H groups in total. The smallest absolute Gasteiger partial charge is 0.0138 e. The third kappa shape index (κ3) is 1.98. The first kappa shape index (κ1) is 10.8. The van der Waals surface area contributed by atoms with Gasteiger partial charge in [-0.05, 0) is 36.5 Å². The van der Waals surface area contributed by atoms with Gasteiger partial charge in [0, 0.05) is 0 Å². The molecule has 2 unspecified atom stereocenters. The van der Waals surface area contributed by atoms with Crippen molar-refractivity contribution in [3.8, 4) is 0 Å². The second-order valence-electron chi connectivity index (χ2n) is 6.43. The van der Waals surface area contributed by atoms with Crippen LogP contribution in [0.25, 0.3) is 0 Å². The minimum Gasteiger partial charge on any atom is -0.0819 e. The van der Waals surface area contributed by atoms with E-state index in [4.69, 9.17) is 0 Å². The quantitative estimate of drug-likeness (QED) is 0.529.